The Bertz CT molecular complexity index is 2010. The van der Waals surface area contributed by atoms with Crippen LogP contribution in [0, 0.1) is 27.2 Å². The zero-order chi connectivity index (χ0) is 33.1. The average Bonchev–Trinajstić information content (AvgIpc) is 3.31. The van der Waals surface area contributed by atoms with Crippen molar-refractivity contribution in [3.05, 3.63) is 139 Å². The summed E-state index contributed by atoms with van der Waals surface area (Å²) in [5.74, 6) is -1.14. The lowest BCUT2D eigenvalue weighted by atomic mass is 10.0. The number of fused-ring (bicyclic) bond motifs is 1. The summed E-state index contributed by atoms with van der Waals surface area (Å²) in [7, 11) is 0. The minimum absolute atomic E-state index is 0.0182. The number of aliphatic hydroxyl groups is 1. The van der Waals surface area contributed by atoms with E-state index in [1.165, 1.54) is 41.0 Å². The van der Waals surface area contributed by atoms with Crippen LogP contribution in [0.15, 0.2) is 91.0 Å². The third-order valence-electron chi connectivity index (χ3n) is 7.30. The molecule has 14 heteroatoms. The molecule has 0 spiro atoms. The fraction of sp³-hybridized carbons (Fsp3) is 0.0938. The van der Waals surface area contributed by atoms with Gasteiger partial charge < -0.3 is 10.4 Å². The summed E-state index contributed by atoms with van der Waals surface area (Å²) >= 11 is 6.01. The number of nitrogens with zero attached hydrogens (tertiary/aromatic N) is 4. The van der Waals surface area contributed by atoms with Crippen LogP contribution in [-0.2, 0) is 17.8 Å². The standard InChI is InChI=1S/C32H24ClN5O8/c1-19-27(28-16-20(18-39)2-15-29(28)35(19)31(41)21-3-5-22(33)6-4-21)17-30(40)36(24-11-13-26(14-12-24)38(45)46)32(42)34-23-7-9-25(10-8-23)37(43)44/h2-16,39H,17-18H2,1H3,(H,34,42). The molecule has 0 unspecified atom stereocenters. The van der Waals surface area contributed by atoms with Gasteiger partial charge in [-0.2, -0.15) is 0 Å². The van der Waals surface area contributed by atoms with Gasteiger partial charge in [0.15, 0.2) is 0 Å². The Balaban J connectivity index is 1.56. The van der Waals surface area contributed by atoms with Crippen LogP contribution in [0.25, 0.3) is 10.9 Å². The molecule has 0 saturated carbocycles. The molecule has 5 rings (SSSR count). The van der Waals surface area contributed by atoms with E-state index in [-0.39, 0.29) is 35.8 Å². The Morgan fingerprint density at radius 2 is 1.46 bits per heavy atom. The predicted octanol–water partition coefficient (Wildman–Crippen LogP) is 6.41. The fourth-order valence-electron chi connectivity index (χ4n) is 5.01. The average molecular weight is 642 g/mol. The molecule has 0 radical (unpaired) electrons. The normalized spacial score (nSPS) is 10.8. The fourth-order valence-corrected chi connectivity index (χ4v) is 5.14. The van der Waals surface area contributed by atoms with E-state index in [0.29, 0.717) is 38.3 Å². The summed E-state index contributed by atoms with van der Waals surface area (Å²) in [5, 5.41) is 35.6. The quantitative estimate of drug-likeness (QED) is 0.144. The minimum Gasteiger partial charge on any atom is -0.392 e. The van der Waals surface area contributed by atoms with Gasteiger partial charge in [0.1, 0.15) is 0 Å². The van der Waals surface area contributed by atoms with Crippen LogP contribution in [0.4, 0.5) is 27.5 Å². The van der Waals surface area contributed by atoms with Crippen LogP contribution < -0.4 is 10.2 Å². The number of carbonyl (C=O) groups is 3. The number of nitrogens with one attached hydrogen (secondary N) is 1. The third kappa shape index (κ3) is 6.31. The molecule has 4 aromatic carbocycles. The maximum absolute atomic E-state index is 14.0. The van der Waals surface area contributed by atoms with E-state index in [0.717, 1.165) is 17.0 Å². The van der Waals surface area contributed by atoms with Crippen molar-refractivity contribution in [2.75, 3.05) is 10.2 Å². The highest BCUT2D eigenvalue weighted by molar-refractivity contribution is 6.30. The summed E-state index contributed by atoms with van der Waals surface area (Å²) in [6.07, 6.45) is -0.386. The molecular formula is C32H24ClN5O8. The molecule has 1 aromatic heterocycles. The summed E-state index contributed by atoms with van der Waals surface area (Å²) < 4.78 is 1.44. The first-order valence-corrected chi connectivity index (χ1v) is 14.0. The molecule has 2 N–H and O–H groups in total. The van der Waals surface area contributed by atoms with E-state index in [2.05, 4.69) is 5.32 Å². The van der Waals surface area contributed by atoms with Crippen molar-refractivity contribution < 1.29 is 29.3 Å². The molecule has 0 aliphatic carbocycles. The number of hydrogen-bond donors (Lipinski definition) is 2. The number of nitro groups is 2. The molecule has 3 amide bonds. The Labute approximate surface area is 265 Å². The Kier molecular flexibility index (Phi) is 8.89. The van der Waals surface area contributed by atoms with Crippen LogP contribution in [0.2, 0.25) is 5.02 Å². The van der Waals surface area contributed by atoms with Gasteiger partial charge in [0.05, 0.1) is 34.1 Å². The van der Waals surface area contributed by atoms with Crippen molar-refractivity contribution >= 4 is 63.1 Å². The zero-order valence-electron chi connectivity index (χ0n) is 24.0. The number of amides is 3. The van der Waals surface area contributed by atoms with Crippen LogP contribution in [0.1, 0.15) is 27.2 Å². The maximum atomic E-state index is 14.0. The van der Waals surface area contributed by atoms with E-state index in [1.54, 1.807) is 49.4 Å². The highest BCUT2D eigenvalue weighted by Crippen LogP contribution is 2.31. The summed E-state index contributed by atoms with van der Waals surface area (Å²) in [6, 6.07) is 20.1. The number of benzene rings is 4. The molecule has 232 valence electrons. The lowest BCUT2D eigenvalue weighted by Gasteiger charge is -2.22. The highest BCUT2D eigenvalue weighted by Gasteiger charge is 2.28. The van der Waals surface area contributed by atoms with Crippen LogP contribution in [0.3, 0.4) is 0 Å². The molecule has 13 nitrogen and oxygen atoms in total. The van der Waals surface area contributed by atoms with Crippen LogP contribution in [-0.4, -0.2) is 37.4 Å². The predicted molar refractivity (Wildman–Crippen MR) is 170 cm³/mol. The number of aromatic nitrogens is 1. The molecule has 5 aromatic rings. The van der Waals surface area contributed by atoms with Gasteiger partial charge >= 0.3 is 6.03 Å². The number of aliphatic hydroxyl groups excluding tert-OH is 1. The number of anilines is 2. The number of nitro benzene ring substituents is 2. The van der Waals surface area contributed by atoms with Crippen molar-refractivity contribution in [2.24, 2.45) is 0 Å². The highest BCUT2D eigenvalue weighted by atomic mass is 35.5. The van der Waals surface area contributed by atoms with E-state index < -0.39 is 27.7 Å². The van der Waals surface area contributed by atoms with Gasteiger partial charge in [-0.15, -0.1) is 0 Å². The van der Waals surface area contributed by atoms with Gasteiger partial charge in [-0.25, -0.2) is 9.69 Å². The Morgan fingerprint density at radius 1 is 0.870 bits per heavy atom. The number of urea groups is 1. The lowest BCUT2D eigenvalue weighted by Crippen LogP contribution is -2.41. The number of carbonyl (C=O) groups excluding carboxylic acids is 3. The van der Waals surface area contributed by atoms with E-state index in [4.69, 9.17) is 11.6 Å². The lowest BCUT2D eigenvalue weighted by molar-refractivity contribution is -0.385. The van der Waals surface area contributed by atoms with Crippen LogP contribution in [0.5, 0.6) is 0 Å². The monoisotopic (exact) mass is 641 g/mol. The van der Waals surface area contributed by atoms with Gasteiger partial charge in [0, 0.05) is 51.6 Å². The summed E-state index contributed by atoms with van der Waals surface area (Å²) in [5.41, 5.74) is 1.87. The SMILES string of the molecule is Cc1c(CC(=O)N(C(=O)Nc2ccc([N+](=O)[O-])cc2)c2ccc([N+](=O)[O-])cc2)c2cc(CO)ccc2n1C(=O)c1ccc(Cl)cc1. The molecule has 0 aliphatic rings. The van der Waals surface area contributed by atoms with Crippen molar-refractivity contribution in [3.63, 3.8) is 0 Å². The van der Waals surface area contributed by atoms with Gasteiger partial charge in [-0.1, -0.05) is 17.7 Å². The molecule has 46 heavy (non-hydrogen) atoms. The summed E-state index contributed by atoms with van der Waals surface area (Å²) in [6.45, 7) is 1.35. The Morgan fingerprint density at radius 3 is 2.02 bits per heavy atom. The van der Waals surface area contributed by atoms with Gasteiger partial charge in [-0.05, 0) is 78.7 Å². The molecule has 0 saturated heterocycles. The van der Waals surface area contributed by atoms with E-state index in [1.807, 2.05) is 0 Å². The molecule has 0 fully saturated rings. The number of imide groups is 1. The maximum Gasteiger partial charge on any atom is 0.333 e. The van der Waals surface area contributed by atoms with Crippen LogP contribution >= 0.6 is 11.6 Å². The minimum atomic E-state index is -0.928. The van der Waals surface area contributed by atoms with Crippen molar-refractivity contribution in [1.29, 1.82) is 0 Å². The first-order valence-electron chi connectivity index (χ1n) is 13.6. The zero-order valence-corrected chi connectivity index (χ0v) is 24.8. The smallest absolute Gasteiger partial charge is 0.333 e. The van der Waals surface area contributed by atoms with Gasteiger partial charge in [0.25, 0.3) is 17.3 Å². The van der Waals surface area contributed by atoms with Gasteiger partial charge in [0.2, 0.25) is 5.91 Å². The van der Waals surface area contributed by atoms with Crippen molar-refractivity contribution in [3.8, 4) is 0 Å². The molecule has 0 aliphatic heterocycles. The van der Waals surface area contributed by atoms with Crippen molar-refractivity contribution in [1.82, 2.24) is 4.57 Å². The topological polar surface area (TPSA) is 178 Å². The number of halogens is 1. The second-order valence-electron chi connectivity index (χ2n) is 10.1. The first-order chi connectivity index (χ1) is 22.0. The molecule has 1 heterocycles. The first kappa shape index (κ1) is 31.5. The summed E-state index contributed by atoms with van der Waals surface area (Å²) in [4.78, 5) is 63.1. The third-order valence-corrected chi connectivity index (χ3v) is 7.56. The molecule has 0 atom stereocenters. The number of hydrogen-bond acceptors (Lipinski definition) is 8. The largest absolute Gasteiger partial charge is 0.392 e. The second kappa shape index (κ2) is 13.0. The van der Waals surface area contributed by atoms with Crippen molar-refractivity contribution in [2.45, 2.75) is 20.0 Å². The number of non-ortho nitro benzene ring substituents is 2. The van der Waals surface area contributed by atoms with E-state index >= 15 is 0 Å². The molecule has 0 bridgehead atoms. The Hall–Kier alpha value is -5.92. The van der Waals surface area contributed by atoms with Gasteiger partial charge in [-0.3, -0.25) is 34.4 Å². The second-order valence-corrected chi connectivity index (χ2v) is 10.6. The number of rotatable bonds is 8. The molecular weight excluding hydrogens is 618 g/mol. The van der Waals surface area contributed by atoms with E-state index in [9.17, 15) is 39.7 Å².